The van der Waals surface area contributed by atoms with E-state index in [2.05, 4.69) is 6.92 Å². The first-order chi connectivity index (χ1) is 11.6. The minimum atomic E-state index is -0.0597. The van der Waals surface area contributed by atoms with Crippen LogP contribution in [0.1, 0.15) is 49.4 Å². The van der Waals surface area contributed by atoms with E-state index in [1.54, 1.807) is 24.3 Å². The molecule has 1 aromatic rings. The number of rotatable bonds is 2. The normalized spacial score (nSPS) is 24.8. The average Bonchev–Trinajstić information content (AvgIpc) is 2.62. The molecule has 5 heteroatoms. The van der Waals surface area contributed by atoms with E-state index in [0.29, 0.717) is 23.2 Å². The molecule has 0 N–H and O–H groups in total. The van der Waals surface area contributed by atoms with Gasteiger partial charge in [-0.25, -0.2) is 0 Å². The molecule has 2 aliphatic heterocycles. The smallest absolute Gasteiger partial charge is 0.253 e. The topological polar surface area (TPSA) is 40.6 Å². The van der Waals surface area contributed by atoms with Gasteiger partial charge in [-0.2, -0.15) is 0 Å². The first-order valence-electron chi connectivity index (χ1n) is 8.91. The van der Waals surface area contributed by atoms with Crippen molar-refractivity contribution in [1.82, 2.24) is 9.80 Å². The van der Waals surface area contributed by atoms with Gasteiger partial charge in [0.15, 0.2) is 0 Å². The number of carbonyl (C=O) groups excluding carboxylic acids is 2. The Morgan fingerprint density at radius 1 is 1.04 bits per heavy atom. The van der Waals surface area contributed by atoms with E-state index < -0.39 is 0 Å². The SMILES string of the molecule is C[C@H]1CCCCN1C(=O)[C@H]1CCCN(C(=O)c2ccc(Cl)cc2)C1. The number of likely N-dealkylation sites (tertiary alicyclic amines) is 2. The van der Waals surface area contributed by atoms with Crippen molar-refractivity contribution in [2.45, 2.75) is 45.1 Å². The summed E-state index contributed by atoms with van der Waals surface area (Å²) in [6.07, 6.45) is 5.16. The van der Waals surface area contributed by atoms with Crippen LogP contribution in [0.5, 0.6) is 0 Å². The molecule has 4 nitrogen and oxygen atoms in total. The minimum absolute atomic E-state index is 0.00383. The summed E-state index contributed by atoms with van der Waals surface area (Å²) in [6.45, 7) is 4.25. The van der Waals surface area contributed by atoms with Gasteiger partial charge in [0.05, 0.1) is 5.92 Å². The highest BCUT2D eigenvalue weighted by molar-refractivity contribution is 6.30. The van der Waals surface area contributed by atoms with Gasteiger partial charge in [-0.1, -0.05) is 11.6 Å². The minimum Gasteiger partial charge on any atom is -0.340 e. The molecule has 0 bridgehead atoms. The Labute approximate surface area is 148 Å². The van der Waals surface area contributed by atoms with Crippen LogP contribution in [0.3, 0.4) is 0 Å². The first kappa shape index (κ1) is 17.3. The molecule has 2 amide bonds. The number of halogens is 1. The van der Waals surface area contributed by atoms with Crippen LogP contribution in [0.25, 0.3) is 0 Å². The maximum atomic E-state index is 12.9. The maximum Gasteiger partial charge on any atom is 0.253 e. The lowest BCUT2D eigenvalue weighted by atomic mass is 9.93. The van der Waals surface area contributed by atoms with Crippen LogP contribution in [0.4, 0.5) is 0 Å². The lowest BCUT2D eigenvalue weighted by Gasteiger charge is -2.39. The van der Waals surface area contributed by atoms with Gasteiger partial charge in [-0.3, -0.25) is 9.59 Å². The molecule has 1 aromatic carbocycles. The van der Waals surface area contributed by atoms with Gasteiger partial charge in [0, 0.05) is 36.3 Å². The summed E-state index contributed by atoms with van der Waals surface area (Å²) in [5.41, 5.74) is 0.638. The Bertz CT molecular complexity index is 602. The highest BCUT2D eigenvalue weighted by atomic mass is 35.5. The summed E-state index contributed by atoms with van der Waals surface area (Å²) >= 11 is 5.89. The van der Waals surface area contributed by atoms with Crippen molar-refractivity contribution >= 4 is 23.4 Å². The fraction of sp³-hybridized carbons (Fsp3) is 0.579. The van der Waals surface area contributed by atoms with E-state index in [1.807, 2.05) is 9.80 Å². The van der Waals surface area contributed by atoms with Gasteiger partial charge in [-0.05, 0) is 63.3 Å². The van der Waals surface area contributed by atoms with Gasteiger partial charge in [-0.15, -0.1) is 0 Å². The molecule has 24 heavy (non-hydrogen) atoms. The van der Waals surface area contributed by atoms with Crippen LogP contribution in [0.2, 0.25) is 5.02 Å². The summed E-state index contributed by atoms with van der Waals surface area (Å²) in [7, 11) is 0. The molecule has 0 aliphatic carbocycles. The number of piperidine rings is 2. The summed E-state index contributed by atoms with van der Waals surface area (Å²) in [4.78, 5) is 29.4. The molecule has 0 unspecified atom stereocenters. The number of hydrogen-bond donors (Lipinski definition) is 0. The van der Waals surface area contributed by atoms with E-state index in [1.165, 1.54) is 6.42 Å². The molecule has 0 spiro atoms. The molecule has 2 aliphatic rings. The second-order valence-corrected chi connectivity index (χ2v) is 7.41. The van der Waals surface area contributed by atoms with Crippen molar-refractivity contribution in [3.8, 4) is 0 Å². The molecule has 2 saturated heterocycles. The standard InChI is InChI=1S/C19H25ClN2O2/c1-14-5-2-3-12-22(14)19(24)16-6-4-11-21(13-16)18(23)15-7-9-17(20)10-8-15/h7-10,14,16H,2-6,11-13H2,1H3/t14-,16-/m0/s1. The summed E-state index contributed by atoms with van der Waals surface area (Å²) < 4.78 is 0. The zero-order chi connectivity index (χ0) is 17.1. The van der Waals surface area contributed by atoms with E-state index in [9.17, 15) is 9.59 Å². The predicted octanol–water partition coefficient (Wildman–Crippen LogP) is 3.59. The lowest BCUT2D eigenvalue weighted by molar-refractivity contribution is -0.140. The molecule has 130 valence electrons. The third-order valence-corrected chi connectivity index (χ3v) is 5.49. The Balaban J connectivity index is 1.66. The molecule has 2 atom stereocenters. The summed E-state index contributed by atoms with van der Waals surface area (Å²) in [6, 6.07) is 7.30. The van der Waals surface area contributed by atoms with Crippen molar-refractivity contribution in [1.29, 1.82) is 0 Å². The number of amides is 2. The number of carbonyl (C=O) groups is 2. The summed E-state index contributed by atoms with van der Waals surface area (Å²) in [5.74, 6) is 0.169. The fourth-order valence-corrected chi connectivity index (χ4v) is 3.92. The molecular weight excluding hydrogens is 324 g/mol. The number of nitrogens with zero attached hydrogens (tertiary/aromatic N) is 2. The summed E-state index contributed by atoms with van der Waals surface area (Å²) in [5, 5.41) is 0.623. The largest absolute Gasteiger partial charge is 0.340 e. The molecular formula is C19H25ClN2O2. The van der Waals surface area contributed by atoms with Crippen molar-refractivity contribution in [2.75, 3.05) is 19.6 Å². The van der Waals surface area contributed by atoms with Crippen LogP contribution in [0.15, 0.2) is 24.3 Å². The van der Waals surface area contributed by atoms with E-state index in [0.717, 1.165) is 38.8 Å². The molecule has 0 saturated carbocycles. The second kappa shape index (κ2) is 7.56. The zero-order valence-electron chi connectivity index (χ0n) is 14.2. The fourth-order valence-electron chi connectivity index (χ4n) is 3.80. The van der Waals surface area contributed by atoms with Crippen LogP contribution in [-0.4, -0.2) is 47.3 Å². The third kappa shape index (κ3) is 3.75. The van der Waals surface area contributed by atoms with E-state index in [4.69, 9.17) is 11.6 Å². The third-order valence-electron chi connectivity index (χ3n) is 5.24. The molecule has 0 radical (unpaired) electrons. The molecule has 0 aromatic heterocycles. The molecule has 2 fully saturated rings. The quantitative estimate of drug-likeness (QED) is 0.819. The van der Waals surface area contributed by atoms with Crippen molar-refractivity contribution in [3.63, 3.8) is 0 Å². The highest BCUT2D eigenvalue weighted by Crippen LogP contribution is 2.25. The number of benzene rings is 1. The molecule has 2 heterocycles. The van der Waals surface area contributed by atoms with Crippen molar-refractivity contribution in [2.24, 2.45) is 5.92 Å². The van der Waals surface area contributed by atoms with Gasteiger partial charge >= 0.3 is 0 Å². The maximum absolute atomic E-state index is 12.9. The van der Waals surface area contributed by atoms with Crippen molar-refractivity contribution < 1.29 is 9.59 Å². The Hall–Kier alpha value is -1.55. The van der Waals surface area contributed by atoms with Gasteiger partial charge in [0.1, 0.15) is 0 Å². The Morgan fingerprint density at radius 3 is 2.50 bits per heavy atom. The molecule has 3 rings (SSSR count). The van der Waals surface area contributed by atoms with Crippen molar-refractivity contribution in [3.05, 3.63) is 34.9 Å². The van der Waals surface area contributed by atoms with Crippen LogP contribution >= 0.6 is 11.6 Å². The Kier molecular flexibility index (Phi) is 5.44. The zero-order valence-corrected chi connectivity index (χ0v) is 15.0. The predicted molar refractivity (Wildman–Crippen MR) is 95.1 cm³/mol. The van der Waals surface area contributed by atoms with Crippen LogP contribution < -0.4 is 0 Å². The van der Waals surface area contributed by atoms with E-state index in [-0.39, 0.29) is 17.7 Å². The monoisotopic (exact) mass is 348 g/mol. The van der Waals surface area contributed by atoms with E-state index >= 15 is 0 Å². The number of hydrogen-bond acceptors (Lipinski definition) is 2. The average molecular weight is 349 g/mol. The van der Waals surface area contributed by atoms with Gasteiger partial charge in [0.2, 0.25) is 5.91 Å². The first-order valence-corrected chi connectivity index (χ1v) is 9.29. The van der Waals surface area contributed by atoms with Gasteiger partial charge in [0.25, 0.3) is 5.91 Å². The van der Waals surface area contributed by atoms with Crippen LogP contribution in [-0.2, 0) is 4.79 Å². The second-order valence-electron chi connectivity index (χ2n) is 6.97. The van der Waals surface area contributed by atoms with Crippen LogP contribution in [0, 0.1) is 5.92 Å². The lowest BCUT2D eigenvalue weighted by Crippen LogP contribution is -2.50. The van der Waals surface area contributed by atoms with Gasteiger partial charge < -0.3 is 9.80 Å². The highest BCUT2D eigenvalue weighted by Gasteiger charge is 2.33. The Morgan fingerprint density at radius 2 is 1.79 bits per heavy atom.